The van der Waals surface area contributed by atoms with Gasteiger partial charge in [0.1, 0.15) is 17.3 Å². The van der Waals surface area contributed by atoms with Crippen LogP contribution in [-0.2, 0) is 13.0 Å². The van der Waals surface area contributed by atoms with Gasteiger partial charge in [-0.05, 0) is 36.8 Å². The molecular formula is C30H29N5O2. The Bertz CT molecular complexity index is 1490. The fraction of sp³-hybridized carbons (Fsp3) is 0.167. The SMILES string of the molecule is COc1cccc(-c2nn(-c3ccc(C)cc3)cc2C(=O)NCCc2nccn2Cc2ccccc2)c1. The molecule has 0 aliphatic carbocycles. The minimum absolute atomic E-state index is 0.183. The third-order valence-electron chi connectivity index (χ3n) is 6.23. The number of ether oxygens (including phenoxy) is 1. The Morgan fingerprint density at radius 3 is 2.59 bits per heavy atom. The highest BCUT2D eigenvalue weighted by molar-refractivity contribution is 6.00. The van der Waals surface area contributed by atoms with Crippen LogP contribution in [0.3, 0.4) is 0 Å². The van der Waals surface area contributed by atoms with Gasteiger partial charge in [0.15, 0.2) is 0 Å². The first kappa shape index (κ1) is 24.1. The van der Waals surface area contributed by atoms with Crippen LogP contribution in [0.25, 0.3) is 16.9 Å². The molecule has 7 nitrogen and oxygen atoms in total. The van der Waals surface area contributed by atoms with Gasteiger partial charge in [0.25, 0.3) is 5.91 Å². The fourth-order valence-corrected chi connectivity index (χ4v) is 4.23. The van der Waals surface area contributed by atoms with Gasteiger partial charge in [-0.3, -0.25) is 4.79 Å². The lowest BCUT2D eigenvalue weighted by atomic mass is 10.1. The molecule has 0 unspecified atom stereocenters. The van der Waals surface area contributed by atoms with Crippen LogP contribution >= 0.6 is 0 Å². The second-order valence-corrected chi connectivity index (χ2v) is 8.87. The number of hydrogen-bond acceptors (Lipinski definition) is 4. The van der Waals surface area contributed by atoms with Gasteiger partial charge in [-0.1, -0.05) is 60.2 Å². The van der Waals surface area contributed by atoms with Crippen molar-refractivity contribution < 1.29 is 9.53 Å². The molecule has 37 heavy (non-hydrogen) atoms. The van der Waals surface area contributed by atoms with Crippen molar-refractivity contribution >= 4 is 5.91 Å². The number of rotatable bonds is 9. The van der Waals surface area contributed by atoms with Crippen molar-refractivity contribution in [2.24, 2.45) is 0 Å². The maximum absolute atomic E-state index is 13.4. The first-order valence-electron chi connectivity index (χ1n) is 12.2. The second kappa shape index (κ2) is 11.0. The highest BCUT2D eigenvalue weighted by Crippen LogP contribution is 2.27. The normalized spacial score (nSPS) is 10.9. The molecule has 0 aliphatic heterocycles. The van der Waals surface area contributed by atoms with Crippen LogP contribution in [0, 0.1) is 6.92 Å². The lowest BCUT2D eigenvalue weighted by Gasteiger charge is -2.09. The van der Waals surface area contributed by atoms with E-state index in [0.29, 0.717) is 30.0 Å². The molecule has 0 bridgehead atoms. The van der Waals surface area contributed by atoms with E-state index in [2.05, 4.69) is 27.0 Å². The van der Waals surface area contributed by atoms with E-state index < -0.39 is 0 Å². The first-order valence-corrected chi connectivity index (χ1v) is 12.2. The Balaban J connectivity index is 1.35. The number of aryl methyl sites for hydroxylation is 1. The van der Waals surface area contributed by atoms with E-state index in [1.165, 1.54) is 5.56 Å². The molecule has 5 aromatic rings. The maximum Gasteiger partial charge on any atom is 0.255 e. The van der Waals surface area contributed by atoms with Crippen molar-refractivity contribution in [3.63, 3.8) is 0 Å². The van der Waals surface area contributed by atoms with Gasteiger partial charge in [-0.15, -0.1) is 0 Å². The Morgan fingerprint density at radius 2 is 1.81 bits per heavy atom. The minimum Gasteiger partial charge on any atom is -0.497 e. The fourth-order valence-electron chi connectivity index (χ4n) is 4.23. The van der Waals surface area contributed by atoms with Gasteiger partial charge >= 0.3 is 0 Å². The largest absolute Gasteiger partial charge is 0.497 e. The Hall–Kier alpha value is -4.65. The summed E-state index contributed by atoms with van der Waals surface area (Å²) in [6.45, 7) is 3.24. The monoisotopic (exact) mass is 491 g/mol. The van der Waals surface area contributed by atoms with E-state index in [4.69, 9.17) is 9.84 Å². The number of nitrogens with zero attached hydrogens (tertiary/aromatic N) is 4. The molecule has 2 aromatic heterocycles. The summed E-state index contributed by atoms with van der Waals surface area (Å²) in [7, 11) is 1.62. The topological polar surface area (TPSA) is 74.0 Å². The van der Waals surface area contributed by atoms with Crippen LogP contribution in [-0.4, -0.2) is 38.9 Å². The highest BCUT2D eigenvalue weighted by atomic mass is 16.5. The summed E-state index contributed by atoms with van der Waals surface area (Å²) < 4.78 is 9.25. The van der Waals surface area contributed by atoms with E-state index in [1.807, 2.05) is 79.9 Å². The molecule has 5 rings (SSSR count). The van der Waals surface area contributed by atoms with Gasteiger partial charge < -0.3 is 14.6 Å². The molecule has 0 aliphatic rings. The third-order valence-corrected chi connectivity index (χ3v) is 6.23. The molecule has 0 spiro atoms. The number of aromatic nitrogens is 4. The smallest absolute Gasteiger partial charge is 0.255 e. The van der Waals surface area contributed by atoms with Crippen LogP contribution in [0.15, 0.2) is 97.5 Å². The van der Waals surface area contributed by atoms with Gasteiger partial charge in [-0.25, -0.2) is 9.67 Å². The van der Waals surface area contributed by atoms with Crippen molar-refractivity contribution in [2.75, 3.05) is 13.7 Å². The molecule has 1 amide bonds. The van der Waals surface area contributed by atoms with Crippen molar-refractivity contribution in [3.8, 4) is 22.7 Å². The van der Waals surface area contributed by atoms with Crippen molar-refractivity contribution in [3.05, 3.63) is 120 Å². The van der Waals surface area contributed by atoms with Crippen molar-refractivity contribution in [1.29, 1.82) is 0 Å². The van der Waals surface area contributed by atoms with E-state index in [1.54, 1.807) is 24.2 Å². The Labute approximate surface area is 216 Å². The quantitative estimate of drug-likeness (QED) is 0.312. The summed E-state index contributed by atoms with van der Waals surface area (Å²) in [6.07, 6.45) is 6.17. The third kappa shape index (κ3) is 5.62. The molecule has 1 N–H and O–H groups in total. The molecule has 2 heterocycles. The number of imidazole rings is 1. The zero-order chi connectivity index (χ0) is 25.6. The lowest BCUT2D eigenvalue weighted by Crippen LogP contribution is -2.26. The highest BCUT2D eigenvalue weighted by Gasteiger charge is 2.19. The number of benzene rings is 3. The molecular weight excluding hydrogens is 462 g/mol. The first-order chi connectivity index (χ1) is 18.1. The average Bonchev–Trinajstić information content (AvgIpc) is 3.57. The van der Waals surface area contributed by atoms with Crippen LogP contribution < -0.4 is 10.1 Å². The minimum atomic E-state index is -0.183. The summed E-state index contributed by atoms with van der Waals surface area (Å²) in [5.41, 5.74) is 5.17. The average molecular weight is 492 g/mol. The lowest BCUT2D eigenvalue weighted by molar-refractivity contribution is 0.0954. The number of methoxy groups -OCH3 is 1. The van der Waals surface area contributed by atoms with Gasteiger partial charge in [-0.2, -0.15) is 5.10 Å². The molecule has 0 fully saturated rings. The van der Waals surface area contributed by atoms with Crippen molar-refractivity contribution in [1.82, 2.24) is 24.6 Å². The number of carbonyl (C=O) groups is 1. The second-order valence-electron chi connectivity index (χ2n) is 8.87. The van der Waals surface area contributed by atoms with Crippen LogP contribution in [0.2, 0.25) is 0 Å². The van der Waals surface area contributed by atoms with Crippen LogP contribution in [0.1, 0.15) is 27.3 Å². The maximum atomic E-state index is 13.4. The molecule has 0 saturated carbocycles. The molecule has 7 heteroatoms. The molecule has 0 radical (unpaired) electrons. The zero-order valence-corrected chi connectivity index (χ0v) is 21.0. The number of amides is 1. The molecule has 3 aromatic carbocycles. The summed E-state index contributed by atoms with van der Waals surface area (Å²) in [4.78, 5) is 17.9. The van der Waals surface area contributed by atoms with Crippen LogP contribution in [0.5, 0.6) is 5.75 Å². The van der Waals surface area contributed by atoms with Gasteiger partial charge in [0.2, 0.25) is 0 Å². The van der Waals surface area contributed by atoms with E-state index in [-0.39, 0.29) is 5.91 Å². The van der Waals surface area contributed by atoms with E-state index in [9.17, 15) is 4.79 Å². The van der Waals surface area contributed by atoms with E-state index in [0.717, 1.165) is 29.2 Å². The predicted octanol–water partition coefficient (Wildman–Crippen LogP) is 5.07. The molecule has 0 atom stereocenters. The Morgan fingerprint density at radius 1 is 1.00 bits per heavy atom. The summed E-state index contributed by atoms with van der Waals surface area (Å²) in [5.74, 6) is 1.45. The van der Waals surface area contributed by atoms with Gasteiger partial charge in [0, 0.05) is 43.7 Å². The summed E-state index contributed by atoms with van der Waals surface area (Å²) in [6, 6.07) is 25.9. The number of carbonyl (C=O) groups excluding carboxylic acids is 1. The molecule has 186 valence electrons. The number of hydrogen-bond donors (Lipinski definition) is 1. The standard InChI is InChI=1S/C30H29N5O2/c1-22-11-13-25(14-12-22)35-21-27(29(33-35)24-9-6-10-26(19-24)37-2)30(36)32-16-15-28-31-17-18-34(28)20-23-7-4-3-5-8-23/h3-14,17-19,21H,15-16,20H2,1-2H3,(H,32,36). The summed E-state index contributed by atoms with van der Waals surface area (Å²) >= 11 is 0. The predicted molar refractivity (Wildman–Crippen MR) is 144 cm³/mol. The summed E-state index contributed by atoms with van der Waals surface area (Å²) in [5, 5.41) is 7.84. The van der Waals surface area contributed by atoms with Gasteiger partial charge in [0.05, 0.1) is 18.4 Å². The van der Waals surface area contributed by atoms with Crippen LogP contribution in [0.4, 0.5) is 0 Å². The Kier molecular flexibility index (Phi) is 7.12. The number of nitrogens with one attached hydrogen (secondary N) is 1. The van der Waals surface area contributed by atoms with Crippen molar-refractivity contribution in [2.45, 2.75) is 19.9 Å². The molecule has 0 saturated heterocycles. The van der Waals surface area contributed by atoms with E-state index >= 15 is 0 Å². The zero-order valence-electron chi connectivity index (χ0n) is 21.0.